The van der Waals surface area contributed by atoms with E-state index in [0.29, 0.717) is 6.42 Å². The van der Waals surface area contributed by atoms with E-state index in [1.54, 1.807) is 6.92 Å². The lowest BCUT2D eigenvalue weighted by Crippen LogP contribution is -2.32. The van der Waals surface area contributed by atoms with Gasteiger partial charge >= 0.3 is 0 Å². The maximum Gasteiger partial charge on any atom is 0.238 e. The first-order chi connectivity index (χ1) is 9.43. The molecule has 0 heterocycles. The fraction of sp³-hybridized carbons (Fsp3) is 0.467. The van der Waals surface area contributed by atoms with Crippen molar-refractivity contribution in [2.45, 2.75) is 40.2 Å². The molecule has 5 heteroatoms. The molecule has 0 aliphatic heterocycles. The molecule has 0 fully saturated rings. The average molecular weight is 277 g/mol. The van der Waals surface area contributed by atoms with Crippen molar-refractivity contribution in [1.82, 2.24) is 5.32 Å². The van der Waals surface area contributed by atoms with E-state index in [1.807, 2.05) is 39.0 Å². The summed E-state index contributed by atoms with van der Waals surface area (Å²) in [4.78, 5) is 23.2. The molecule has 2 amide bonds. The van der Waals surface area contributed by atoms with Gasteiger partial charge in [-0.3, -0.25) is 9.59 Å². The van der Waals surface area contributed by atoms with Crippen LogP contribution in [0.3, 0.4) is 0 Å². The van der Waals surface area contributed by atoms with Crippen molar-refractivity contribution in [3.05, 3.63) is 23.8 Å². The smallest absolute Gasteiger partial charge is 0.238 e. The third kappa shape index (κ3) is 5.01. The van der Waals surface area contributed by atoms with Crippen molar-refractivity contribution in [1.29, 1.82) is 0 Å². The van der Waals surface area contributed by atoms with Crippen LogP contribution in [0.4, 0.5) is 11.4 Å². The number of hydrogen-bond acceptors (Lipinski definition) is 3. The van der Waals surface area contributed by atoms with Crippen molar-refractivity contribution < 1.29 is 9.59 Å². The van der Waals surface area contributed by atoms with Crippen LogP contribution in [-0.2, 0) is 9.59 Å². The minimum Gasteiger partial charge on any atom is -0.326 e. The van der Waals surface area contributed by atoms with E-state index in [1.165, 1.54) is 0 Å². The van der Waals surface area contributed by atoms with Gasteiger partial charge in [-0.1, -0.05) is 26.8 Å². The van der Waals surface area contributed by atoms with E-state index in [-0.39, 0.29) is 24.4 Å². The summed E-state index contributed by atoms with van der Waals surface area (Å²) >= 11 is 0. The predicted octanol–water partition coefficient (Wildman–Crippen LogP) is 2.28. The maximum atomic E-state index is 11.8. The molecule has 0 aliphatic carbocycles. The number of benzene rings is 1. The maximum absolute atomic E-state index is 11.8. The third-order valence-electron chi connectivity index (χ3n) is 2.87. The molecule has 0 aromatic heterocycles. The zero-order valence-corrected chi connectivity index (χ0v) is 12.5. The van der Waals surface area contributed by atoms with E-state index in [2.05, 4.69) is 16.0 Å². The van der Waals surface area contributed by atoms with Gasteiger partial charge in [0.25, 0.3) is 0 Å². The Bertz CT molecular complexity index is 484. The highest BCUT2D eigenvalue weighted by atomic mass is 16.2. The topological polar surface area (TPSA) is 70.2 Å². The van der Waals surface area contributed by atoms with Crippen LogP contribution >= 0.6 is 0 Å². The second-order valence-corrected chi connectivity index (χ2v) is 4.96. The number of rotatable bonds is 6. The van der Waals surface area contributed by atoms with E-state index in [0.717, 1.165) is 16.9 Å². The van der Waals surface area contributed by atoms with Gasteiger partial charge in [0.05, 0.1) is 6.54 Å². The summed E-state index contributed by atoms with van der Waals surface area (Å²) in [7, 11) is 0. The molecule has 3 N–H and O–H groups in total. The summed E-state index contributed by atoms with van der Waals surface area (Å²) in [6, 6.07) is 5.72. The van der Waals surface area contributed by atoms with Crippen LogP contribution in [0.5, 0.6) is 0 Å². The second kappa shape index (κ2) is 7.65. The molecule has 5 nitrogen and oxygen atoms in total. The summed E-state index contributed by atoms with van der Waals surface area (Å²) in [5, 5.41) is 8.72. The molecule has 20 heavy (non-hydrogen) atoms. The van der Waals surface area contributed by atoms with Crippen LogP contribution in [0.25, 0.3) is 0 Å². The Labute approximate surface area is 120 Å². The molecule has 110 valence electrons. The molecule has 1 rings (SSSR count). The van der Waals surface area contributed by atoms with Crippen molar-refractivity contribution in [3.8, 4) is 0 Å². The van der Waals surface area contributed by atoms with Crippen LogP contribution in [0.2, 0.25) is 0 Å². The van der Waals surface area contributed by atoms with Gasteiger partial charge in [-0.2, -0.15) is 0 Å². The minimum absolute atomic E-state index is 0.0435. The Morgan fingerprint density at radius 1 is 1.10 bits per heavy atom. The van der Waals surface area contributed by atoms with Crippen LogP contribution in [0.15, 0.2) is 18.2 Å². The minimum atomic E-state index is -0.0965. The monoisotopic (exact) mass is 277 g/mol. The lowest BCUT2D eigenvalue weighted by Gasteiger charge is -2.14. The number of carbonyl (C=O) groups excluding carboxylic acids is 2. The van der Waals surface area contributed by atoms with Gasteiger partial charge in [0.1, 0.15) is 0 Å². The van der Waals surface area contributed by atoms with Crippen molar-refractivity contribution in [2.75, 3.05) is 17.2 Å². The molecule has 1 aromatic carbocycles. The lowest BCUT2D eigenvalue weighted by molar-refractivity contribution is -0.116. The Balaban J connectivity index is 2.73. The Morgan fingerprint density at radius 2 is 1.65 bits per heavy atom. The van der Waals surface area contributed by atoms with Crippen LogP contribution in [-0.4, -0.2) is 24.4 Å². The van der Waals surface area contributed by atoms with E-state index in [4.69, 9.17) is 0 Å². The van der Waals surface area contributed by atoms with Crippen molar-refractivity contribution in [3.63, 3.8) is 0 Å². The van der Waals surface area contributed by atoms with Gasteiger partial charge in [-0.15, -0.1) is 0 Å². The molecule has 0 unspecified atom stereocenters. The lowest BCUT2D eigenvalue weighted by atomic mass is 10.1. The third-order valence-corrected chi connectivity index (χ3v) is 2.87. The molecule has 0 atom stereocenters. The van der Waals surface area contributed by atoms with Gasteiger partial charge in [0.2, 0.25) is 11.8 Å². The van der Waals surface area contributed by atoms with Gasteiger partial charge in [-0.05, 0) is 24.6 Å². The molecule has 0 radical (unpaired) electrons. The summed E-state index contributed by atoms with van der Waals surface area (Å²) in [5.41, 5.74) is 2.30. The molecular weight excluding hydrogens is 254 g/mol. The molecule has 0 saturated heterocycles. The summed E-state index contributed by atoms with van der Waals surface area (Å²) in [6.45, 7) is 7.91. The van der Waals surface area contributed by atoms with E-state index < -0.39 is 0 Å². The fourth-order valence-corrected chi connectivity index (χ4v) is 1.64. The Morgan fingerprint density at radius 3 is 2.15 bits per heavy atom. The first-order valence-corrected chi connectivity index (χ1v) is 6.86. The van der Waals surface area contributed by atoms with E-state index >= 15 is 0 Å². The zero-order chi connectivity index (χ0) is 15.1. The molecule has 0 saturated carbocycles. The molecular formula is C15H23N3O2. The number of amides is 2. The number of nitrogens with one attached hydrogen (secondary N) is 3. The highest BCUT2D eigenvalue weighted by Gasteiger charge is 2.09. The van der Waals surface area contributed by atoms with Crippen molar-refractivity contribution >= 4 is 23.2 Å². The SMILES string of the molecule is CCC(=O)Nc1cccc(NC(=O)CNC(C)C)c1C. The predicted molar refractivity (Wildman–Crippen MR) is 81.9 cm³/mol. The Kier molecular flexibility index (Phi) is 6.18. The summed E-state index contributed by atoms with van der Waals surface area (Å²) < 4.78 is 0. The van der Waals surface area contributed by atoms with Gasteiger partial charge in [0.15, 0.2) is 0 Å². The second-order valence-electron chi connectivity index (χ2n) is 4.96. The highest BCUT2D eigenvalue weighted by Crippen LogP contribution is 2.23. The fourth-order valence-electron chi connectivity index (χ4n) is 1.64. The van der Waals surface area contributed by atoms with Gasteiger partial charge < -0.3 is 16.0 Å². The van der Waals surface area contributed by atoms with Crippen LogP contribution in [0.1, 0.15) is 32.8 Å². The largest absolute Gasteiger partial charge is 0.326 e. The quantitative estimate of drug-likeness (QED) is 0.747. The standard InChI is InChI=1S/C15H23N3O2/c1-5-14(19)17-12-7-6-8-13(11(12)4)18-15(20)9-16-10(2)3/h6-8,10,16H,5,9H2,1-4H3,(H,17,19)(H,18,20). The molecule has 0 bridgehead atoms. The normalized spacial score (nSPS) is 10.4. The molecule has 0 aliphatic rings. The molecule has 1 aromatic rings. The van der Waals surface area contributed by atoms with Crippen LogP contribution in [0, 0.1) is 6.92 Å². The van der Waals surface area contributed by atoms with E-state index in [9.17, 15) is 9.59 Å². The Hall–Kier alpha value is -1.88. The number of carbonyl (C=O) groups is 2. The van der Waals surface area contributed by atoms with Gasteiger partial charge in [-0.25, -0.2) is 0 Å². The summed E-state index contributed by atoms with van der Waals surface area (Å²) in [6.07, 6.45) is 0.425. The zero-order valence-electron chi connectivity index (χ0n) is 12.5. The first-order valence-electron chi connectivity index (χ1n) is 6.86. The van der Waals surface area contributed by atoms with Crippen LogP contribution < -0.4 is 16.0 Å². The average Bonchev–Trinajstić information content (AvgIpc) is 2.40. The van der Waals surface area contributed by atoms with Gasteiger partial charge in [0, 0.05) is 23.8 Å². The highest BCUT2D eigenvalue weighted by molar-refractivity contribution is 5.96. The number of anilines is 2. The molecule has 0 spiro atoms. The number of hydrogen-bond donors (Lipinski definition) is 3. The summed E-state index contributed by atoms with van der Waals surface area (Å²) in [5.74, 6) is -0.140. The first kappa shape index (κ1) is 16.2. The van der Waals surface area contributed by atoms with Crippen molar-refractivity contribution in [2.24, 2.45) is 0 Å².